The minimum absolute atomic E-state index is 0.0916. The molecular weight excluding hydrogens is 341 g/mol. The molecule has 0 spiro atoms. The molecule has 1 aromatic carbocycles. The van der Waals surface area contributed by atoms with Crippen LogP contribution < -0.4 is 9.80 Å². The van der Waals surface area contributed by atoms with E-state index in [0.717, 1.165) is 43.9 Å². The van der Waals surface area contributed by atoms with E-state index in [2.05, 4.69) is 14.8 Å². The highest BCUT2D eigenvalue weighted by Crippen LogP contribution is 2.27. The lowest BCUT2D eigenvalue weighted by Gasteiger charge is -2.34. The topological polar surface area (TPSA) is 36.4 Å². The van der Waals surface area contributed by atoms with Gasteiger partial charge in [0.2, 0.25) is 0 Å². The summed E-state index contributed by atoms with van der Waals surface area (Å²) in [6, 6.07) is 10.6. The van der Waals surface area contributed by atoms with Gasteiger partial charge in [0.05, 0.1) is 0 Å². The standard InChI is InChI=1S/C22H26FN3O/c23-18-7-4-8-19(14-18)26-13-5-6-17(16-26)22(27)21-15-20(9-10-24-21)25-11-2-1-3-12-25/h4,7-10,14-15,17H,1-3,5-6,11-13,16H2/t17-/m0/s1. The summed E-state index contributed by atoms with van der Waals surface area (Å²) in [6.45, 7) is 3.58. The van der Waals surface area contributed by atoms with Crippen molar-refractivity contribution in [1.29, 1.82) is 0 Å². The first-order chi connectivity index (χ1) is 13.2. The Balaban J connectivity index is 1.49. The third-order valence-corrected chi connectivity index (χ3v) is 5.68. The third kappa shape index (κ3) is 4.12. The van der Waals surface area contributed by atoms with Crippen LogP contribution in [0.4, 0.5) is 15.8 Å². The van der Waals surface area contributed by atoms with Gasteiger partial charge in [-0.25, -0.2) is 4.39 Å². The van der Waals surface area contributed by atoms with E-state index in [-0.39, 0.29) is 17.5 Å². The Kier molecular flexibility index (Phi) is 5.37. The van der Waals surface area contributed by atoms with Crippen molar-refractivity contribution in [2.24, 2.45) is 5.92 Å². The third-order valence-electron chi connectivity index (χ3n) is 5.68. The summed E-state index contributed by atoms with van der Waals surface area (Å²) in [4.78, 5) is 21.9. The van der Waals surface area contributed by atoms with Crippen LogP contribution in [0.25, 0.3) is 0 Å². The second-order valence-corrected chi connectivity index (χ2v) is 7.58. The lowest BCUT2D eigenvalue weighted by atomic mass is 9.91. The highest BCUT2D eigenvalue weighted by Gasteiger charge is 2.28. The fraction of sp³-hybridized carbons (Fsp3) is 0.455. The van der Waals surface area contributed by atoms with Crippen molar-refractivity contribution >= 4 is 17.2 Å². The highest BCUT2D eigenvalue weighted by molar-refractivity contribution is 5.97. The first-order valence-electron chi connectivity index (χ1n) is 9.96. The van der Waals surface area contributed by atoms with E-state index in [1.165, 1.54) is 25.3 Å². The van der Waals surface area contributed by atoms with Crippen molar-refractivity contribution in [2.75, 3.05) is 36.0 Å². The van der Waals surface area contributed by atoms with Gasteiger partial charge in [-0.15, -0.1) is 0 Å². The van der Waals surface area contributed by atoms with Crippen LogP contribution >= 0.6 is 0 Å². The highest BCUT2D eigenvalue weighted by atomic mass is 19.1. The van der Waals surface area contributed by atoms with Crippen molar-refractivity contribution in [3.63, 3.8) is 0 Å². The lowest BCUT2D eigenvalue weighted by molar-refractivity contribution is 0.0902. The van der Waals surface area contributed by atoms with Gasteiger partial charge in [0, 0.05) is 49.7 Å². The van der Waals surface area contributed by atoms with Crippen LogP contribution in [0.3, 0.4) is 0 Å². The van der Waals surface area contributed by atoms with Gasteiger partial charge >= 0.3 is 0 Å². The first kappa shape index (κ1) is 18.0. The molecule has 0 N–H and O–H groups in total. The SMILES string of the molecule is O=C(c1cc(N2CCCCC2)ccn1)[C@H]1CCCN(c2cccc(F)c2)C1. The maximum Gasteiger partial charge on any atom is 0.186 e. The fourth-order valence-electron chi connectivity index (χ4n) is 4.21. The van der Waals surface area contributed by atoms with Gasteiger partial charge < -0.3 is 9.80 Å². The van der Waals surface area contributed by atoms with Gasteiger partial charge in [-0.1, -0.05) is 6.07 Å². The summed E-state index contributed by atoms with van der Waals surface area (Å²) >= 11 is 0. The van der Waals surface area contributed by atoms with Crippen molar-refractivity contribution in [1.82, 2.24) is 4.98 Å². The smallest absolute Gasteiger partial charge is 0.186 e. The quantitative estimate of drug-likeness (QED) is 0.755. The average Bonchev–Trinajstić information content (AvgIpc) is 2.74. The van der Waals surface area contributed by atoms with E-state index in [4.69, 9.17) is 0 Å². The van der Waals surface area contributed by atoms with Crippen molar-refractivity contribution in [3.05, 3.63) is 54.1 Å². The Morgan fingerprint density at radius 1 is 0.963 bits per heavy atom. The Labute approximate surface area is 160 Å². The van der Waals surface area contributed by atoms with E-state index in [9.17, 15) is 9.18 Å². The maximum atomic E-state index is 13.6. The number of halogens is 1. The number of pyridine rings is 1. The largest absolute Gasteiger partial charge is 0.371 e. The molecule has 5 heteroatoms. The number of piperidine rings is 2. The second kappa shape index (κ2) is 8.07. The molecule has 2 fully saturated rings. The monoisotopic (exact) mass is 367 g/mol. The Morgan fingerprint density at radius 2 is 1.74 bits per heavy atom. The van der Waals surface area contributed by atoms with E-state index in [1.54, 1.807) is 18.3 Å². The number of anilines is 2. The van der Waals surface area contributed by atoms with Crippen molar-refractivity contribution < 1.29 is 9.18 Å². The van der Waals surface area contributed by atoms with Gasteiger partial charge in [0.1, 0.15) is 11.5 Å². The van der Waals surface area contributed by atoms with Crippen molar-refractivity contribution in [2.45, 2.75) is 32.1 Å². The molecule has 3 heterocycles. The summed E-state index contributed by atoms with van der Waals surface area (Å²) in [6.07, 6.45) is 7.24. The summed E-state index contributed by atoms with van der Waals surface area (Å²) in [5, 5.41) is 0. The number of rotatable bonds is 4. The van der Waals surface area contributed by atoms with Gasteiger partial charge in [0.25, 0.3) is 0 Å². The number of Topliss-reactive ketones (excluding diaryl/α,β-unsaturated/α-hetero) is 1. The Hall–Kier alpha value is -2.43. The second-order valence-electron chi connectivity index (χ2n) is 7.58. The predicted molar refractivity (Wildman–Crippen MR) is 106 cm³/mol. The number of ketones is 1. The molecule has 2 aromatic rings. The van der Waals surface area contributed by atoms with Crippen LogP contribution in [-0.2, 0) is 0 Å². The zero-order chi connectivity index (χ0) is 18.6. The summed E-state index contributed by atoms with van der Waals surface area (Å²) < 4.78 is 13.6. The van der Waals surface area contributed by atoms with E-state index in [0.29, 0.717) is 12.2 Å². The molecule has 2 aliphatic heterocycles. The molecule has 27 heavy (non-hydrogen) atoms. The van der Waals surface area contributed by atoms with E-state index in [1.807, 2.05) is 18.2 Å². The van der Waals surface area contributed by atoms with Crippen LogP contribution in [0.15, 0.2) is 42.6 Å². The minimum atomic E-state index is -0.239. The first-order valence-corrected chi connectivity index (χ1v) is 9.96. The summed E-state index contributed by atoms with van der Waals surface area (Å²) in [7, 11) is 0. The molecule has 0 aliphatic carbocycles. The van der Waals surface area contributed by atoms with Gasteiger partial charge in [-0.2, -0.15) is 0 Å². The predicted octanol–water partition coefficient (Wildman–Crippen LogP) is 4.31. The summed E-state index contributed by atoms with van der Waals surface area (Å²) in [5.74, 6) is -0.224. The Bertz CT molecular complexity index is 804. The average molecular weight is 367 g/mol. The molecule has 4 rings (SSSR count). The van der Waals surface area contributed by atoms with Gasteiger partial charge in [0.15, 0.2) is 5.78 Å². The number of aromatic nitrogens is 1. The number of hydrogen-bond acceptors (Lipinski definition) is 4. The molecule has 0 radical (unpaired) electrons. The molecule has 0 saturated carbocycles. The Morgan fingerprint density at radius 3 is 2.56 bits per heavy atom. The fourth-order valence-corrected chi connectivity index (χ4v) is 4.21. The molecule has 2 aliphatic rings. The molecule has 4 nitrogen and oxygen atoms in total. The van der Waals surface area contributed by atoms with Gasteiger partial charge in [-0.05, 0) is 62.4 Å². The number of carbonyl (C=O) groups is 1. The van der Waals surface area contributed by atoms with Crippen LogP contribution in [0, 0.1) is 11.7 Å². The molecule has 1 atom stereocenters. The molecule has 1 aromatic heterocycles. The zero-order valence-electron chi connectivity index (χ0n) is 15.6. The molecule has 2 saturated heterocycles. The van der Waals surface area contributed by atoms with Crippen LogP contribution in [0.1, 0.15) is 42.6 Å². The number of carbonyl (C=O) groups excluding carboxylic acids is 1. The number of benzene rings is 1. The summed E-state index contributed by atoms with van der Waals surface area (Å²) in [5.41, 5.74) is 2.51. The molecule has 142 valence electrons. The van der Waals surface area contributed by atoms with Crippen LogP contribution in [0.2, 0.25) is 0 Å². The van der Waals surface area contributed by atoms with Gasteiger partial charge in [-0.3, -0.25) is 9.78 Å². The molecule has 0 bridgehead atoms. The zero-order valence-corrected chi connectivity index (χ0v) is 15.6. The number of hydrogen-bond donors (Lipinski definition) is 0. The molecule has 0 unspecified atom stereocenters. The minimum Gasteiger partial charge on any atom is -0.371 e. The van der Waals surface area contributed by atoms with Crippen LogP contribution in [0.5, 0.6) is 0 Å². The maximum absolute atomic E-state index is 13.6. The molecular formula is C22H26FN3O. The van der Waals surface area contributed by atoms with E-state index >= 15 is 0 Å². The van der Waals surface area contributed by atoms with Crippen molar-refractivity contribution in [3.8, 4) is 0 Å². The normalized spacial score (nSPS) is 20.6. The van der Waals surface area contributed by atoms with E-state index < -0.39 is 0 Å². The van der Waals surface area contributed by atoms with Crippen LogP contribution in [-0.4, -0.2) is 36.9 Å². The molecule has 0 amide bonds. The number of nitrogens with zero attached hydrogens (tertiary/aromatic N) is 3. The lowest BCUT2D eigenvalue weighted by Crippen LogP contribution is -2.39.